The van der Waals surface area contributed by atoms with E-state index in [-0.39, 0.29) is 16.1 Å². The van der Waals surface area contributed by atoms with E-state index in [0.717, 1.165) is 12.1 Å². The molecule has 6 heteroatoms. The number of carboxylic acid groups (broad SMARTS) is 1. The number of hydrogen-bond acceptors (Lipinski definition) is 5. The van der Waals surface area contributed by atoms with E-state index >= 15 is 0 Å². The number of carbonyl (C=O) groups is 1. The first-order chi connectivity index (χ1) is 9.48. The quantitative estimate of drug-likeness (QED) is 0.832. The molecule has 0 bridgehead atoms. The predicted molar refractivity (Wildman–Crippen MR) is 84.1 cm³/mol. The average Bonchev–Trinajstić information content (AvgIpc) is 2.82. The van der Waals surface area contributed by atoms with E-state index in [2.05, 4.69) is 0 Å². The molecular weight excluding hydrogens is 294 g/mol. The molecule has 0 aromatic heterocycles. The first kappa shape index (κ1) is 14.9. The summed E-state index contributed by atoms with van der Waals surface area (Å²) in [5.41, 5.74) is 6.70. The van der Waals surface area contributed by atoms with Gasteiger partial charge in [-0.3, -0.25) is 0 Å². The van der Waals surface area contributed by atoms with E-state index < -0.39 is 5.97 Å². The van der Waals surface area contributed by atoms with Gasteiger partial charge in [0.1, 0.15) is 11.3 Å². The summed E-state index contributed by atoms with van der Waals surface area (Å²) in [7, 11) is 0. The van der Waals surface area contributed by atoms with Crippen LogP contribution in [0.3, 0.4) is 0 Å². The molecule has 1 aliphatic heterocycles. The second kappa shape index (κ2) is 5.85. The molecule has 0 saturated heterocycles. The summed E-state index contributed by atoms with van der Waals surface area (Å²) < 4.78 is 5.29. The van der Waals surface area contributed by atoms with Gasteiger partial charge in [0, 0.05) is 12.1 Å². The molecule has 0 aliphatic carbocycles. The van der Waals surface area contributed by atoms with Gasteiger partial charge >= 0.3 is 5.97 Å². The minimum atomic E-state index is -1.04. The fraction of sp³-hybridized carbons (Fsp3) is 0.286. The smallest absolute Gasteiger partial charge is 0.339 e. The number of nitrogens with two attached hydrogens (primary N) is 1. The van der Waals surface area contributed by atoms with Crippen LogP contribution in [0.1, 0.15) is 30.1 Å². The van der Waals surface area contributed by atoms with Crippen molar-refractivity contribution in [3.05, 3.63) is 40.9 Å². The lowest BCUT2D eigenvalue weighted by Crippen LogP contribution is -2.35. The van der Waals surface area contributed by atoms with Gasteiger partial charge in [0.15, 0.2) is 5.05 Å². The first-order valence-electron chi connectivity index (χ1n) is 6.15. The molecule has 1 aromatic rings. The monoisotopic (exact) mass is 309 g/mol. The molecule has 0 amide bonds. The van der Waals surface area contributed by atoms with Crippen LogP contribution in [0.4, 0.5) is 0 Å². The molecule has 0 radical (unpaired) electrons. The SMILES string of the molecule is CCC1(C(=S)Oc2ccccc2C(=O)O)CC(N)=CS1. The van der Waals surface area contributed by atoms with E-state index in [0.29, 0.717) is 11.5 Å². The van der Waals surface area contributed by atoms with Crippen LogP contribution in [-0.4, -0.2) is 20.9 Å². The van der Waals surface area contributed by atoms with Crippen molar-refractivity contribution in [2.45, 2.75) is 24.5 Å². The van der Waals surface area contributed by atoms with Crippen LogP contribution in [0.15, 0.2) is 35.4 Å². The Labute approximate surface area is 127 Å². The Bertz CT molecular complexity index is 586. The lowest BCUT2D eigenvalue weighted by Gasteiger charge is -2.27. The number of hydrogen-bond donors (Lipinski definition) is 2. The topological polar surface area (TPSA) is 72.5 Å². The largest absolute Gasteiger partial charge is 0.478 e. The maximum atomic E-state index is 11.2. The number of para-hydroxylation sites is 1. The second-order valence-corrected chi connectivity index (χ2v) is 6.15. The standard InChI is InChI=1S/C14H15NO3S2/c1-2-14(7-9(15)8-20-14)13(19)18-11-6-4-3-5-10(11)12(16)17/h3-6,8H,2,7,15H2,1H3,(H,16,17). The van der Waals surface area contributed by atoms with Crippen molar-refractivity contribution < 1.29 is 14.6 Å². The van der Waals surface area contributed by atoms with Crippen molar-refractivity contribution in [1.82, 2.24) is 0 Å². The Morgan fingerprint density at radius 2 is 2.25 bits per heavy atom. The Morgan fingerprint density at radius 3 is 2.80 bits per heavy atom. The fourth-order valence-corrected chi connectivity index (χ4v) is 3.47. The number of ether oxygens (including phenoxy) is 1. The Kier molecular flexibility index (Phi) is 4.35. The lowest BCUT2D eigenvalue weighted by atomic mass is 10.0. The highest BCUT2D eigenvalue weighted by Crippen LogP contribution is 2.43. The minimum absolute atomic E-state index is 0.102. The molecule has 4 nitrogen and oxygen atoms in total. The number of aromatic carboxylic acids is 1. The molecule has 1 atom stereocenters. The number of thioether (sulfide) groups is 1. The number of benzene rings is 1. The highest BCUT2D eigenvalue weighted by atomic mass is 32.2. The van der Waals surface area contributed by atoms with Gasteiger partial charge in [0.25, 0.3) is 0 Å². The van der Waals surface area contributed by atoms with Crippen molar-refractivity contribution in [2.24, 2.45) is 5.73 Å². The van der Waals surface area contributed by atoms with Gasteiger partial charge < -0.3 is 15.6 Å². The van der Waals surface area contributed by atoms with E-state index in [1.165, 1.54) is 17.8 Å². The van der Waals surface area contributed by atoms with Crippen molar-refractivity contribution in [3.8, 4) is 5.75 Å². The highest BCUT2D eigenvalue weighted by molar-refractivity contribution is 8.05. The summed E-state index contributed by atoms with van der Waals surface area (Å²) in [6, 6.07) is 6.47. The van der Waals surface area contributed by atoms with Crippen molar-refractivity contribution >= 4 is 35.0 Å². The van der Waals surface area contributed by atoms with Gasteiger partial charge in [-0.25, -0.2) is 4.79 Å². The van der Waals surface area contributed by atoms with Crippen molar-refractivity contribution in [1.29, 1.82) is 0 Å². The van der Waals surface area contributed by atoms with Crippen LogP contribution < -0.4 is 10.5 Å². The van der Waals surface area contributed by atoms with E-state index in [4.69, 9.17) is 27.8 Å². The Balaban J connectivity index is 2.22. The maximum Gasteiger partial charge on any atom is 0.339 e. The molecule has 0 spiro atoms. The number of allylic oxidation sites excluding steroid dienone is 1. The van der Waals surface area contributed by atoms with Gasteiger partial charge in [0.05, 0.1) is 4.75 Å². The third-order valence-electron chi connectivity index (χ3n) is 3.19. The van der Waals surface area contributed by atoms with Gasteiger partial charge in [-0.05, 0) is 36.2 Å². The molecule has 1 heterocycles. The zero-order valence-electron chi connectivity index (χ0n) is 11.0. The van der Waals surface area contributed by atoms with Gasteiger partial charge in [-0.15, -0.1) is 11.8 Å². The zero-order chi connectivity index (χ0) is 14.8. The molecule has 20 heavy (non-hydrogen) atoms. The van der Waals surface area contributed by atoms with Gasteiger partial charge in [0.2, 0.25) is 0 Å². The van der Waals surface area contributed by atoms with E-state index in [9.17, 15) is 4.79 Å². The highest BCUT2D eigenvalue weighted by Gasteiger charge is 2.39. The van der Waals surface area contributed by atoms with Crippen LogP contribution in [0.5, 0.6) is 5.75 Å². The molecule has 0 saturated carbocycles. The van der Waals surface area contributed by atoms with Crippen molar-refractivity contribution in [2.75, 3.05) is 0 Å². The number of rotatable bonds is 4. The third kappa shape index (κ3) is 2.81. The molecule has 3 N–H and O–H groups in total. The third-order valence-corrected chi connectivity index (χ3v) is 5.28. The number of thiocarbonyl (C=S) groups is 1. The summed E-state index contributed by atoms with van der Waals surface area (Å²) in [5, 5.41) is 11.4. The summed E-state index contributed by atoms with van der Waals surface area (Å²) in [5.74, 6) is -0.769. The summed E-state index contributed by atoms with van der Waals surface area (Å²) >= 11 is 6.92. The lowest BCUT2D eigenvalue weighted by molar-refractivity contribution is 0.0694. The summed E-state index contributed by atoms with van der Waals surface area (Å²) in [4.78, 5) is 11.2. The van der Waals surface area contributed by atoms with E-state index in [1.807, 2.05) is 12.3 Å². The molecular formula is C14H15NO3S2. The number of carboxylic acids is 1. The van der Waals surface area contributed by atoms with Crippen LogP contribution in [-0.2, 0) is 0 Å². The molecule has 1 aromatic carbocycles. The van der Waals surface area contributed by atoms with Crippen LogP contribution in [0.25, 0.3) is 0 Å². The van der Waals surface area contributed by atoms with E-state index in [1.54, 1.807) is 18.2 Å². The fourth-order valence-electron chi connectivity index (χ4n) is 2.00. The molecule has 1 unspecified atom stereocenters. The average molecular weight is 309 g/mol. The molecule has 106 valence electrons. The summed E-state index contributed by atoms with van der Waals surface area (Å²) in [6.07, 6.45) is 1.39. The minimum Gasteiger partial charge on any atom is -0.478 e. The maximum absolute atomic E-state index is 11.2. The van der Waals surface area contributed by atoms with Gasteiger partial charge in [-0.2, -0.15) is 0 Å². The van der Waals surface area contributed by atoms with Crippen LogP contribution >= 0.6 is 24.0 Å². The Hall–Kier alpha value is -1.53. The first-order valence-corrected chi connectivity index (χ1v) is 7.44. The van der Waals surface area contributed by atoms with Crippen LogP contribution in [0.2, 0.25) is 0 Å². The predicted octanol–water partition coefficient (Wildman–Crippen LogP) is 3.18. The Morgan fingerprint density at radius 1 is 1.55 bits per heavy atom. The van der Waals surface area contributed by atoms with Gasteiger partial charge in [-0.1, -0.05) is 19.1 Å². The molecule has 2 rings (SSSR count). The van der Waals surface area contributed by atoms with Crippen LogP contribution in [0, 0.1) is 0 Å². The molecule has 1 aliphatic rings. The zero-order valence-corrected chi connectivity index (χ0v) is 12.6. The molecule has 0 fully saturated rings. The second-order valence-electron chi connectivity index (χ2n) is 4.53. The normalized spacial score (nSPS) is 21.4. The summed E-state index contributed by atoms with van der Waals surface area (Å²) in [6.45, 7) is 2.01. The van der Waals surface area contributed by atoms with Crippen molar-refractivity contribution in [3.63, 3.8) is 0 Å².